The molecule has 14 heteroatoms. The molecule has 2 amide bonds. The van der Waals surface area contributed by atoms with Gasteiger partial charge in [0.25, 0.3) is 5.44 Å². The van der Waals surface area contributed by atoms with Crippen LogP contribution in [0.1, 0.15) is 38.5 Å². The highest BCUT2D eigenvalue weighted by Crippen LogP contribution is 2.36. The number of benzene rings is 2. The summed E-state index contributed by atoms with van der Waals surface area (Å²) < 4.78 is 34.9. The van der Waals surface area contributed by atoms with Crippen LogP contribution in [-0.2, 0) is 29.5 Å². The van der Waals surface area contributed by atoms with Gasteiger partial charge < -0.3 is 25.6 Å². The molecule has 240 valence electrons. The molecular formula is C29H45ClN5O5S3+. The summed E-state index contributed by atoms with van der Waals surface area (Å²) in [5.74, 6) is 0. The van der Waals surface area contributed by atoms with E-state index >= 15 is 0 Å². The lowest BCUT2D eigenvalue weighted by Crippen LogP contribution is -2.39. The topological polar surface area (TPSA) is 134 Å². The van der Waals surface area contributed by atoms with Gasteiger partial charge in [0.05, 0.1) is 22.1 Å². The molecule has 2 aromatic carbocycles. The van der Waals surface area contributed by atoms with Crippen molar-refractivity contribution < 1.29 is 22.7 Å². The number of anilines is 1. The van der Waals surface area contributed by atoms with Crippen LogP contribution in [0.15, 0.2) is 53.6 Å². The number of hydrogen-bond acceptors (Lipinski definition) is 8. The zero-order valence-corrected chi connectivity index (χ0v) is 28.3. The molecule has 0 saturated heterocycles. The van der Waals surface area contributed by atoms with E-state index < -0.39 is 16.1 Å². The van der Waals surface area contributed by atoms with Gasteiger partial charge in [0.2, 0.25) is 16.4 Å². The normalized spacial score (nSPS) is 15.4. The molecule has 0 spiro atoms. The van der Waals surface area contributed by atoms with Gasteiger partial charge in [-0.05, 0) is 37.8 Å². The van der Waals surface area contributed by atoms with Gasteiger partial charge in [0.15, 0.2) is 0 Å². The van der Waals surface area contributed by atoms with Crippen LogP contribution in [0, 0.1) is 0 Å². The zero-order chi connectivity index (χ0) is 30.5. The average Bonchev–Trinajstić information content (AvgIpc) is 2.99. The molecule has 43 heavy (non-hydrogen) atoms. The minimum Gasteiger partial charge on any atom is -0.398 e. The van der Waals surface area contributed by atoms with Crippen molar-refractivity contribution in [3.63, 3.8) is 0 Å². The number of nitrogens with two attached hydrogens (primary N) is 1. The third-order valence-corrected chi connectivity index (χ3v) is 13.5. The lowest BCUT2D eigenvalue weighted by Gasteiger charge is -2.25. The van der Waals surface area contributed by atoms with Crippen molar-refractivity contribution in [1.82, 2.24) is 14.9 Å². The SMILES string of the molecule is CS[S+](C1CCCCC1)C(CC=CN(C=O)CCN)OC(=O)NCCNS(=O)(=O)c1cccc2c(N(C)C)cccc12.Cl. The van der Waals surface area contributed by atoms with E-state index in [0.717, 1.165) is 30.3 Å². The van der Waals surface area contributed by atoms with Gasteiger partial charge in [-0.1, -0.05) is 36.8 Å². The minimum atomic E-state index is -3.82. The number of rotatable bonds is 16. The monoisotopic (exact) mass is 674 g/mol. The molecule has 1 fully saturated rings. The lowest BCUT2D eigenvalue weighted by atomic mass is 10.0. The van der Waals surface area contributed by atoms with E-state index in [1.165, 1.54) is 24.2 Å². The third kappa shape index (κ3) is 10.8. The van der Waals surface area contributed by atoms with Crippen molar-refractivity contribution in [2.45, 2.75) is 54.1 Å². The molecule has 1 aliphatic carbocycles. The number of halogens is 1. The molecule has 1 saturated carbocycles. The predicted octanol–water partition coefficient (Wildman–Crippen LogP) is 4.21. The molecular weight excluding hydrogens is 630 g/mol. The summed E-state index contributed by atoms with van der Waals surface area (Å²) in [5.41, 5.74) is 6.12. The highest BCUT2D eigenvalue weighted by atomic mass is 35.5. The van der Waals surface area contributed by atoms with Crippen LogP contribution in [0.3, 0.4) is 0 Å². The first-order chi connectivity index (χ1) is 20.2. The quantitative estimate of drug-likeness (QED) is 0.104. The molecule has 2 aromatic rings. The fourth-order valence-corrected chi connectivity index (χ4v) is 10.9. The van der Waals surface area contributed by atoms with Gasteiger partial charge in [-0.3, -0.25) is 4.79 Å². The number of carbonyl (C=O) groups excluding carboxylic acids is 2. The van der Waals surface area contributed by atoms with E-state index in [2.05, 4.69) is 10.0 Å². The van der Waals surface area contributed by atoms with Crippen LogP contribution in [0.5, 0.6) is 0 Å². The first-order valence-electron chi connectivity index (χ1n) is 14.2. The number of carbonyl (C=O) groups is 2. The second-order valence-electron chi connectivity index (χ2n) is 10.2. The summed E-state index contributed by atoms with van der Waals surface area (Å²) >= 11 is 0. The number of alkyl carbamates (subject to hydrolysis) is 1. The van der Waals surface area contributed by atoms with E-state index in [0.29, 0.717) is 30.1 Å². The fraction of sp³-hybridized carbons (Fsp3) is 0.517. The minimum absolute atomic E-state index is 0. The average molecular weight is 675 g/mol. The van der Waals surface area contributed by atoms with Gasteiger partial charge in [-0.15, -0.1) is 12.4 Å². The Balaban J connectivity index is 0.00000645. The highest BCUT2D eigenvalue weighted by Gasteiger charge is 2.41. The van der Waals surface area contributed by atoms with Crippen LogP contribution in [0.25, 0.3) is 10.8 Å². The Hall–Kier alpha value is -2.16. The van der Waals surface area contributed by atoms with Crippen molar-refractivity contribution in [2.24, 2.45) is 5.73 Å². The van der Waals surface area contributed by atoms with Crippen LogP contribution >= 0.6 is 23.2 Å². The van der Waals surface area contributed by atoms with Gasteiger partial charge in [-0.25, -0.2) is 17.9 Å². The number of fused-ring (bicyclic) bond motifs is 1. The number of amides is 2. The van der Waals surface area contributed by atoms with Gasteiger partial charge in [-0.2, -0.15) is 0 Å². The van der Waals surface area contributed by atoms with Crippen molar-refractivity contribution in [3.8, 4) is 0 Å². The summed E-state index contributed by atoms with van der Waals surface area (Å²) in [6.45, 7) is 0.842. The molecule has 1 aliphatic rings. The number of nitrogens with zero attached hydrogens (tertiary/aromatic N) is 2. The van der Waals surface area contributed by atoms with Crippen LogP contribution in [0.2, 0.25) is 0 Å². The van der Waals surface area contributed by atoms with E-state index in [1.54, 1.807) is 35.2 Å². The van der Waals surface area contributed by atoms with E-state index in [1.807, 2.05) is 49.5 Å². The maximum Gasteiger partial charge on any atom is 0.411 e. The molecule has 3 rings (SSSR count). The van der Waals surface area contributed by atoms with E-state index in [-0.39, 0.29) is 45.8 Å². The number of ether oxygens (including phenoxy) is 1. The Kier molecular flexibility index (Phi) is 16.0. The maximum atomic E-state index is 13.2. The standard InChI is InChI=1S/C29H43N5O5S3.ClH/c1-33(2)26-14-7-13-25-24(26)12-8-15-27(25)42(37,38)32-19-18-31-29(36)39-28(16-9-20-34(22-35)21-17-30)41(40-3)23-10-5-4-6-11-23;/h7-9,12-15,20,22-23,28,32H,4-6,10-11,16-19,21,30H2,1-3H3;1H/p+1. The number of hydrogen-bond donors (Lipinski definition) is 3. The van der Waals surface area contributed by atoms with Crippen LogP contribution in [0.4, 0.5) is 10.5 Å². The summed E-state index contributed by atoms with van der Waals surface area (Å²) in [6.07, 6.45) is 12.0. The van der Waals surface area contributed by atoms with Crippen LogP contribution in [-0.4, -0.2) is 83.0 Å². The third-order valence-electron chi connectivity index (χ3n) is 7.04. The zero-order valence-electron chi connectivity index (χ0n) is 25.1. The maximum absolute atomic E-state index is 13.2. The van der Waals surface area contributed by atoms with Gasteiger partial charge in [0, 0.05) is 69.2 Å². The van der Waals surface area contributed by atoms with Crippen molar-refractivity contribution in [3.05, 3.63) is 48.7 Å². The Bertz CT molecular complexity index is 1310. The van der Waals surface area contributed by atoms with Gasteiger partial charge in [0.1, 0.15) is 15.2 Å². The Morgan fingerprint density at radius 1 is 1.14 bits per heavy atom. The summed E-state index contributed by atoms with van der Waals surface area (Å²) in [6, 6.07) is 10.8. The second-order valence-corrected chi connectivity index (χ2v) is 16.3. The number of sulfonamides is 1. The summed E-state index contributed by atoms with van der Waals surface area (Å²) in [4.78, 5) is 27.7. The molecule has 0 heterocycles. The number of nitrogens with one attached hydrogen (secondary N) is 2. The predicted molar refractivity (Wildman–Crippen MR) is 182 cm³/mol. The van der Waals surface area contributed by atoms with Crippen molar-refractivity contribution in [2.75, 3.05) is 51.4 Å². The summed E-state index contributed by atoms with van der Waals surface area (Å²) in [7, 11) is 1.51. The molecule has 0 aliphatic heterocycles. The van der Waals surface area contributed by atoms with E-state index in [9.17, 15) is 18.0 Å². The first kappa shape index (κ1) is 37.0. The molecule has 0 aromatic heterocycles. The molecule has 2 unspecified atom stereocenters. The molecule has 2 atom stereocenters. The highest BCUT2D eigenvalue weighted by molar-refractivity contribution is 8.74. The smallest absolute Gasteiger partial charge is 0.398 e. The second kappa shape index (κ2) is 18.6. The molecule has 10 nitrogen and oxygen atoms in total. The van der Waals surface area contributed by atoms with E-state index in [4.69, 9.17) is 10.5 Å². The molecule has 0 radical (unpaired) electrons. The first-order valence-corrected chi connectivity index (χ1v) is 18.8. The van der Waals surface area contributed by atoms with Crippen molar-refractivity contribution >= 4 is 72.1 Å². The largest absolute Gasteiger partial charge is 0.411 e. The fourth-order valence-electron chi connectivity index (χ4n) is 5.04. The Morgan fingerprint density at radius 2 is 1.84 bits per heavy atom. The molecule has 0 bridgehead atoms. The Labute approximate surface area is 268 Å². The Morgan fingerprint density at radius 3 is 2.49 bits per heavy atom. The van der Waals surface area contributed by atoms with Gasteiger partial charge >= 0.3 is 6.09 Å². The summed E-state index contributed by atoms with van der Waals surface area (Å²) in [5, 5.41) is 4.64. The van der Waals surface area contributed by atoms with Crippen molar-refractivity contribution in [1.29, 1.82) is 0 Å². The lowest BCUT2D eigenvalue weighted by molar-refractivity contribution is -0.115. The molecule has 4 N–H and O–H groups in total. The van der Waals surface area contributed by atoms with Crippen LogP contribution < -0.4 is 20.7 Å².